The molecular weight excluding hydrogens is 112 g/mol. The highest BCUT2D eigenvalue weighted by Gasteiger charge is 2.07. The van der Waals surface area contributed by atoms with Crippen LogP contribution in [0.2, 0.25) is 0 Å². The van der Waals surface area contributed by atoms with Crippen molar-refractivity contribution in [2.75, 3.05) is 13.6 Å². The summed E-state index contributed by atoms with van der Waals surface area (Å²) in [4.78, 5) is 0. The molecule has 2 heteroatoms. The van der Waals surface area contributed by atoms with Crippen molar-refractivity contribution in [3.63, 3.8) is 0 Å². The summed E-state index contributed by atoms with van der Waals surface area (Å²) in [5.74, 6) is 0. The molecule has 2 nitrogen and oxygen atoms in total. The fourth-order valence-corrected chi connectivity index (χ4v) is 0.562. The Balaban J connectivity index is 3.07. The quantitative estimate of drug-likeness (QED) is 0.442. The minimum absolute atomic E-state index is 0.448. The molecule has 0 aliphatic heterocycles. The highest BCUT2D eigenvalue weighted by atomic mass is 15.3. The molecule has 0 unspecified atom stereocenters. The Morgan fingerprint density at radius 2 is 1.78 bits per heavy atom. The van der Waals surface area contributed by atoms with Gasteiger partial charge in [0.25, 0.3) is 0 Å². The van der Waals surface area contributed by atoms with Gasteiger partial charge in [0.15, 0.2) is 0 Å². The van der Waals surface area contributed by atoms with Crippen molar-refractivity contribution in [1.29, 1.82) is 0 Å². The zero-order valence-corrected chi connectivity index (χ0v) is 6.91. The van der Waals surface area contributed by atoms with E-state index in [0.29, 0.717) is 5.41 Å². The SMILES string of the molecule is CNNCCC(C)(C)C. The fourth-order valence-electron chi connectivity index (χ4n) is 0.562. The van der Waals surface area contributed by atoms with Crippen molar-refractivity contribution < 1.29 is 0 Å². The average Bonchev–Trinajstić information content (AvgIpc) is 1.63. The molecule has 0 aliphatic rings. The third kappa shape index (κ3) is 7.92. The third-order valence-corrected chi connectivity index (χ3v) is 1.18. The molecule has 9 heavy (non-hydrogen) atoms. The summed E-state index contributed by atoms with van der Waals surface area (Å²) in [6.45, 7) is 7.76. The molecule has 0 aromatic heterocycles. The molecule has 0 heterocycles. The Morgan fingerprint density at radius 3 is 2.11 bits per heavy atom. The smallest absolute Gasteiger partial charge is 0.0105 e. The van der Waals surface area contributed by atoms with Gasteiger partial charge in [-0.1, -0.05) is 20.8 Å². The first-order valence-corrected chi connectivity index (χ1v) is 3.46. The largest absolute Gasteiger partial charge is 0.261 e. The van der Waals surface area contributed by atoms with E-state index in [2.05, 4.69) is 31.6 Å². The van der Waals surface area contributed by atoms with Gasteiger partial charge in [-0.2, -0.15) is 0 Å². The monoisotopic (exact) mass is 130 g/mol. The fraction of sp³-hybridized carbons (Fsp3) is 1.00. The molecule has 0 saturated carbocycles. The van der Waals surface area contributed by atoms with E-state index in [1.807, 2.05) is 7.05 Å². The molecule has 0 aromatic carbocycles. The minimum atomic E-state index is 0.448. The second kappa shape index (κ2) is 3.85. The Morgan fingerprint density at radius 1 is 1.22 bits per heavy atom. The summed E-state index contributed by atoms with van der Waals surface area (Å²) in [7, 11) is 1.89. The Kier molecular flexibility index (Phi) is 3.82. The average molecular weight is 130 g/mol. The topological polar surface area (TPSA) is 24.1 Å². The van der Waals surface area contributed by atoms with Crippen molar-refractivity contribution >= 4 is 0 Å². The summed E-state index contributed by atoms with van der Waals surface area (Å²) in [6.07, 6.45) is 1.20. The van der Waals surface area contributed by atoms with E-state index >= 15 is 0 Å². The first kappa shape index (κ1) is 8.92. The molecule has 0 aromatic rings. The highest BCUT2D eigenvalue weighted by Crippen LogP contribution is 2.16. The van der Waals surface area contributed by atoms with Crippen LogP contribution in [0.5, 0.6) is 0 Å². The van der Waals surface area contributed by atoms with E-state index < -0.39 is 0 Å². The van der Waals surface area contributed by atoms with Gasteiger partial charge < -0.3 is 0 Å². The third-order valence-electron chi connectivity index (χ3n) is 1.18. The molecule has 0 amide bonds. The minimum Gasteiger partial charge on any atom is -0.261 e. The summed E-state index contributed by atoms with van der Waals surface area (Å²) in [5, 5.41) is 0. The van der Waals surface area contributed by atoms with Crippen LogP contribution < -0.4 is 10.9 Å². The lowest BCUT2D eigenvalue weighted by Gasteiger charge is -2.17. The van der Waals surface area contributed by atoms with Crippen molar-refractivity contribution in [2.45, 2.75) is 27.2 Å². The predicted molar refractivity (Wildman–Crippen MR) is 41.1 cm³/mol. The molecule has 0 bridgehead atoms. The molecule has 0 radical (unpaired) electrons. The molecular formula is C7H18N2. The van der Waals surface area contributed by atoms with Gasteiger partial charge in [-0.25, -0.2) is 0 Å². The van der Waals surface area contributed by atoms with E-state index in [1.54, 1.807) is 0 Å². The Bertz CT molecular complexity index is 63.8. The van der Waals surface area contributed by atoms with Gasteiger partial charge in [0.05, 0.1) is 0 Å². The van der Waals surface area contributed by atoms with Crippen LogP contribution in [-0.2, 0) is 0 Å². The van der Waals surface area contributed by atoms with Crippen LogP contribution in [0.1, 0.15) is 27.2 Å². The number of hydrogen-bond acceptors (Lipinski definition) is 2. The number of nitrogens with one attached hydrogen (secondary N) is 2. The van der Waals surface area contributed by atoms with Gasteiger partial charge in [0.2, 0.25) is 0 Å². The first-order chi connectivity index (χ1) is 4.06. The van der Waals surface area contributed by atoms with Crippen molar-refractivity contribution in [1.82, 2.24) is 10.9 Å². The van der Waals surface area contributed by atoms with Crippen LogP contribution in [0.3, 0.4) is 0 Å². The lowest BCUT2D eigenvalue weighted by molar-refractivity contribution is 0.358. The molecule has 0 aliphatic carbocycles. The maximum absolute atomic E-state index is 3.05. The van der Waals surface area contributed by atoms with Gasteiger partial charge in [-0.15, -0.1) is 0 Å². The van der Waals surface area contributed by atoms with Crippen LogP contribution >= 0.6 is 0 Å². The zero-order valence-electron chi connectivity index (χ0n) is 6.91. The lowest BCUT2D eigenvalue weighted by atomic mass is 9.93. The van der Waals surface area contributed by atoms with Gasteiger partial charge in [-0.3, -0.25) is 10.9 Å². The van der Waals surface area contributed by atoms with E-state index in [4.69, 9.17) is 0 Å². The summed E-state index contributed by atoms with van der Waals surface area (Å²) in [6, 6.07) is 0. The van der Waals surface area contributed by atoms with Gasteiger partial charge in [-0.05, 0) is 18.9 Å². The van der Waals surface area contributed by atoms with Gasteiger partial charge in [0.1, 0.15) is 0 Å². The zero-order chi connectivity index (χ0) is 7.33. The van der Waals surface area contributed by atoms with Gasteiger partial charge >= 0.3 is 0 Å². The van der Waals surface area contributed by atoms with E-state index in [-0.39, 0.29) is 0 Å². The van der Waals surface area contributed by atoms with Crippen LogP contribution in [0.25, 0.3) is 0 Å². The number of hydrogen-bond donors (Lipinski definition) is 2. The van der Waals surface area contributed by atoms with Crippen molar-refractivity contribution in [3.05, 3.63) is 0 Å². The molecule has 0 fully saturated rings. The van der Waals surface area contributed by atoms with Crippen molar-refractivity contribution in [3.8, 4) is 0 Å². The number of rotatable bonds is 3. The summed E-state index contributed by atoms with van der Waals surface area (Å²) in [5.41, 5.74) is 6.39. The normalized spacial score (nSPS) is 12.0. The molecule has 56 valence electrons. The summed E-state index contributed by atoms with van der Waals surface area (Å²) < 4.78 is 0. The molecule has 0 saturated heterocycles. The molecule has 0 spiro atoms. The van der Waals surface area contributed by atoms with Crippen LogP contribution in [-0.4, -0.2) is 13.6 Å². The molecule has 0 rings (SSSR count). The van der Waals surface area contributed by atoms with Crippen LogP contribution in [0, 0.1) is 5.41 Å². The predicted octanol–water partition coefficient (Wildman–Crippen LogP) is 1.15. The standard InChI is InChI=1S/C7H18N2/c1-7(2,3)5-6-9-8-4/h8-9H,5-6H2,1-4H3. The second-order valence-corrected chi connectivity index (χ2v) is 3.49. The second-order valence-electron chi connectivity index (χ2n) is 3.49. The maximum atomic E-state index is 3.05. The maximum Gasteiger partial charge on any atom is 0.0105 e. The van der Waals surface area contributed by atoms with E-state index in [9.17, 15) is 0 Å². The first-order valence-electron chi connectivity index (χ1n) is 3.46. The highest BCUT2D eigenvalue weighted by molar-refractivity contribution is 4.61. The van der Waals surface area contributed by atoms with Crippen molar-refractivity contribution in [2.24, 2.45) is 5.41 Å². The van der Waals surface area contributed by atoms with Crippen LogP contribution in [0.15, 0.2) is 0 Å². The Labute approximate surface area is 58.0 Å². The molecule has 2 N–H and O–H groups in total. The summed E-state index contributed by atoms with van der Waals surface area (Å²) >= 11 is 0. The van der Waals surface area contributed by atoms with Gasteiger partial charge in [0, 0.05) is 6.54 Å². The molecule has 0 atom stereocenters. The van der Waals surface area contributed by atoms with Crippen LogP contribution in [0.4, 0.5) is 0 Å². The lowest BCUT2D eigenvalue weighted by Crippen LogP contribution is -2.30. The van der Waals surface area contributed by atoms with E-state index in [0.717, 1.165) is 6.54 Å². The Hall–Kier alpha value is -0.0800. The van der Waals surface area contributed by atoms with E-state index in [1.165, 1.54) is 6.42 Å². The number of hydrazine groups is 1.